The van der Waals surface area contributed by atoms with Gasteiger partial charge in [0.1, 0.15) is 5.65 Å². The molecule has 2 aromatic heterocycles. The average Bonchev–Trinajstić information content (AvgIpc) is 2.52. The van der Waals surface area contributed by atoms with Crippen LogP contribution in [-0.2, 0) is 0 Å². The minimum atomic E-state index is -0.586. The van der Waals surface area contributed by atoms with Crippen molar-refractivity contribution in [2.45, 2.75) is 0 Å². The first-order valence-electron chi connectivity index (χ1n) is 3.39. The zero-order valence-corrected chi connectivity index (χ0v) is 6.04. The van der Waals surface area contributed by atoms with Gasteiger partial charge in [0.2, 0.25) is 0 Å². The van der Waals surface area contributed by atoms with Gasteiger partial charge in [-0.15, -0.1) is 0 Å². The number of H-pyrrole nitrogens is 1. The summed E-state index contributed by atoms with van der Waals surface area (Å²) in [6, 6.07) is 1.62. The van der Waals surface area contributed by atoms with E-state index in [1.807, 2.05) is 0 Å². The molecule has 1 N–H and O–H groups in total. The number of fused-ring (bicyclic) bond motifs is 1. The van der Waals surface area contributed by atoms with Gasteiger partial charge in [-0.3, -0.25) is 4.79 Å². The molecular weight excluding hydrogens is 159 g/mol. The maximum Gasteiger partial charge on any atom is 0.153 e. The lowest BCUT2D eigenvalue weighted by molar-refractivity contribution is 0.112. The third kappa shape index (κ3) is 0.812. The molecule has 0 saturated heterocycles. The highest BCUT2D eigenvalue weighted by molar-refractivity contribution is 5.95. The van der Waals surface area contributed by atoms with Crippen LogP contribution in [0.3, 0.4) is 0 Å². The van der Waals surface area contributed by atoms with Gasteiger partial charge in [0, 0.05) is 11.6 Å². The Morgan fingerprint density at radius 3 is 3.17 bits per heavy atom. The number of nitrogens with zero attached hydrogens (tertiary/aromatic N) is 1. The molecule has 0 aliphatic carbocycles. The van der Waals surface area contributed by atoms with Crippen molar-refractivity contribution in [3.63, 3.8) is 0 Å². The van der Waals surface area contributed by atoms with Crippen LogP contribution in [0.4, 0.5) is 4.39 Å². The highest BCUT2D eigenvalue weighted by Crippen LogP contribution is 2.15. The first-order chi connectivity index (χ1) is 5.83. The Hall–Kier alpha value is -1.71. The van der Waals surface area contributed by atoms with E-state index < -0.39 is 5.82 Å². The van der Waals surface area contributed by atoms with E-state index in [1.165, 1.54) is 0 Å². The Kier molecular flexibility index (Phi) is 1.40. The first-order valence-corrected chi connectivity index (χ1v) is 3.39. The van der Waals surface area contributed by atoms with Crippen LogP contribution in [0, 0.1) is 5.82 Å². The standard InChI is InChI=1S/C8H5FN2O/c9-7-3-11-8-5(1-2-10-8)6(7)4-12/h1-4H,(H,10,11). The number of carbonyl (C=O) groups is 1. The lowest BCUT2D eigenvalue weighted by Gasteiger charge is -1.94. The van der Waals surface area contributed by atoms with E-state index in [2.05, 4.69) is 9.97 Å². The summed E-state index contributed by atoms with van der Waals surface area (Å²) in [5.74, 6) is -0.586. The van der Waals surface area contributed by atoms with Gasteiger partial charge in [0.25, 0.3) is 0 Å². The molecule has 0 fully saturated rings. The van der Waals surface area contributed by atoms with Gasteiger partial charge in [-0.25, -0.2) is 9.37 Å². The van der Waals surface area contributed by atoms with Gasteiger partial charge in [0.15, 0.2) is 12.1 Å². The van der Waals surface area contributed by atoms with Crippen molar-refractivity contribution in [2.75, 3.05) is 0 Å². The maximum absolute atomic E-state index is 12.9. The van der Waals surface area contributed by atoms with E-state index in [4.69, 9.17) is 0 Å². The molecule has 0 amide bonds. The number of halogens is 1. The van der Waals surface area contributed by atoms with E-state index in [1.54, 1.807) is 12.3 Å². The predicted molar refractivity (Wildman–Crippen MR) is 41.4 cm³/mol. The monoisotopic (exact) mass is 164 g/mol. The Morgan fingerprint density at radius 2 is 2.42 bits per heavy atom. The molecule has 0 atom stereocenters. The molecule has 0 bridgehead atoms. The van der Waals surface area contributed by atoms with E-state index in [0.29, 0.717) is 17.3 Å². The lowest BCUT2D eigenvalue weighted by atomic mass is 10.2. The van der Waals surface area contributed by atoms with Crippen LogP contribution in [-0.4, -0.2) is 16.3 Å². The van der Waals surface area contributed by atoms with Crippen LogP contribution in [0.1, 0.15) is 10.4 Å². The SMILES string of the molecule is O=Cc1c(F)cnc2[nH]ccc12. The van der Waals surface area contributed by atoms with Crippen molar-refractivity contribution >= 4 is 17.3 Å². The van der Waals surface area contributed by atoms with Crippen molar-refractivity contribution in [1.82, 2.24) is 9.97 Å². The quantitative estimate of drug-likeness (QED) is 0.649. The number of hydrogen-bond acceptors (Lipinski definition) is 2. The summed E-state index contributed by atoms with van der Waals surface area (Å²) in [6.07, 6.45) is 3.14. The molecule has 0 aliphatic heterocycles. The van der Waals surface area contributed by atoms with E-state index in [-0.39, 0.29) is 5.56 Å². The van der Waals surface area contributed by atoms with Crippen molar-refractivity contribution in [2.24, 2.45) is 0 Å². The number of rotatable bonds is 1. The fraction of sp³-hybridized carbons (Fsp3) is 0. The smallest absolute Gasteiger partial charge is 0.153 e. The minimum absolute atomic E-state index is 0.0567. The molecule has 0 aliphatic rings. The number of aromatic nitrogens is 2. The zero-order chi connectivity index (χ0) is 8.55. The second kappa shape index (κ2) is 2.41. The molecule has 0 unspecified atom stereocenters. The van der Waals surface area contributed by atoms with Crippen LogP contribution < -0.4 is 0 Å². The van der Waals surface area contributed by atoms with Gasteiger partial charge >= 0.3 is 0 Å². The van der Waals surface area contributed by atoms with Crippen LogP contribution in [0.5, 0.6) is 0 Å². The summed E-state index contributed by atoms with van der Waals surface area (Å²) < 4.78 is 12.9. The van der Waals surface area contributed by atoms with Crippen molar-refractivity contribution in [3.05, 3.63) is 29.8 Å². The number of carbonyl (C=O) groups excluding carboxylic acids is 1. The lowest BCUT2D eigenvalue weighted by Crippen LogP contribution is -1.90. The summed E-state index contributed by atoms with van der Waals surface area (Å²) in [5.41, 5.74) is 0.583. The molecule has 2 aromatic rings. The fourth-order valence-electron chi connectivity index (χ4n) is 1.12. The second-order valence-electron chi connectivity index (χ2n) is 2.38. The summed E-state index contributed by atoms with van der Waals surface area (Å²) >= 11 is 0. The second-order valence-corrected chi connectivity index (χ2v) is 2.38. The van der Waals surface area contributed by atoms with Crippen LogP contribution in [0.15, 0.2) is 18.5 Å². The topological polar surface area (TPSA) is 45.8 Å². The van der Waals surface area contributed by atoms with Crippen LogP contribution in [0.25, 0.3) is 11.0 Å². The van der Waals surface area contributed by atoms with E-state index in [0.717, 1.165) is 6.20 Å². The number of hydrogen-bond donors (Lipinski definition) is 1. The van der Waals surface area contributed by atoms with Gasteiger partial charge < -0.3 is 4.98 Å². The molecule has 60 valence electrons. The van der Waals surface area contributed by atoms with Crippen LogP contribution in [0.2, 0.25) is 0 Å². The molecule has 0 radical (unpaired) electrons. The maximum atomic E-state index is 12.9. The largest absolute Gasteiger partial charge is 0.346 e. The summed E-state index contributed by atoms with van der Waals surface area (Å²) in [7, 11) is 0. The average molecular weight is 164 g/mol. The molecule has 3 nitrogen and oxygen atoms in total. The van der Waals surface area contributed by atoms with Gasteiger partial charge in [-0.1, -0.05) is 0 Å². The Labute approximate surface area is 67.2 Å². The van der Waals surface area contributed by atoms with Crippen molar-refractivity contribution in [3.8, 4) is 0 Å². The number of pyridine rings is 1. The van der Waals surface area contributed by atoms with Crippen molar-refractivity contribution in [1.29, 1.82) is 0 Å². The fourth-order valence-corrected chi connectivity index (χ4v) is 1.12. The number of nitrogens with one attached hydrogen (secondary N) is 1. The Balaban J connectivity index is 2.91. The van der Waals surface area contributed by atoms with E-state index >= 15 is 0 Å². The summed E-state index contributed by atoms with van der Waals surface area (Å²) in [4.78, 5) is 17.0. The Bertz CT molecular complexity index is 436. The van der Waals surface area contributed by atoms with E-state index in [9.17, 15) is 9.18 Å². The molecule has 12 heavy (non-hydrogen) atoms. The zero-order valence-electron chi connectivity index (χ0n) is 6.04. The molecule has 2 rings (SSSR count). The third-order valence-electron chi connectivity index (χ3n) is 1.70. The third-order valence-corrected chi connectivity index (χ3v) is 1.70. The van der Waals surface area contributed by atoms with Crippen LogP contribution >= 0.6 is 0 Å². The summed E-state index contributed by atoms with van der Waals surface area (Å²) in [5, 5.41) is 0.519. The molecular formula is C8H5FN2O. The van der Waals surface area contributed by atoms with Gasteiger partial charge in [0.05, 0.1) is 11.8 Å². The highest BCUT2D eigenvalue weighted by atomic mass is 19.1. The molecule has 0 spiro atoms. The first kappa shape index (κ1) is 6.97. The minimum Gasteiger partial charge on any atom is -0.346 e. The highest BCUT2D eigenvalue weighted by Gasteiger charge is 2.07. The molecule has 0 saturated carbocycles. The van der Waals surface area contributed by atoms with Crippen molar-refractivity contribution < 1.29 is 9.18 Å². The van der Waals surface area contributed by atoms with Gasteiger partial charge in [-0.2, -0.15) is 0 Å². The molecule has 2 heterocycles. The number of aldehydes is 1. The molecule has 0 aromatic carbocycles. The number of aromatic amines is 1. The predicted octanol–water partition coefficient (Wildman–Crippen LogP) is 1.51. The van der Waals surface area contributed by atoms with Gasteiger partial charge in [-0.05, 0) is 6.07 Å². The Morgan fingerprint density at radius 1 is 1.58 bits per heavy atom. The normalized spacial score (nSPS) is 10.4. The summed E-state index contributed by atoms with van der Waals surface area (Å²) in [6.45, 7) is 0. The molecule has 4 heteroatoms.